The maximum Gasteiger partial charge on any atom is 0.126 e. The fraction of sp³-hybridized carbons (Fsp3) is 0.467. The Labute approximate surface area is 109 Å². The van der Waals surface area contributed by atoms with Crippen LogP contribution in [0.3, 0.4) is 0 Å². The van der Waals surface area contributed by atoms with E-state index in [-0.39, 0.29) is 5.82 Å². The number of aliphatic hydroxyl groups is 1. The summed E-state index contributed by atoms with van der Waals surface area (Å²) in [4.78, 5) is 2.11. The molecule has 0 aliphatic heterocycles. The SMILES string of the molecule is C=CCN(CCC)c1cc(C)c(F)cc1[C@H](C)O. The van der Waals surface area contributed by atoms with E-state index in [1.807, 2.05) is 6.08 Å². The lowest BCUT2D eigenvalue weighted by Crippen LogP contribution is -2.25. The van der Waals surface area contributed by atoms with Gasteiger partial charge in [0, 0.05) is 24.3 Å². The third-order valence-electron chi connectivity index (χ3n) is 2.94. The van der Waals surface area contributed by atoms with Gasteiger partial charge in [0.05, 0.1) is 6.10 Å². The average Bonchev–Trinajstić information content (AvgIpc) is 2.31. The zero-order valence-corrected chi connectivity index (χ0v) is 11.4. The molecule has 0 heterocycles. The lowest BCUT2D eigenvalue weighted by atomic mass is 10.0. The molecule has 0 aromatic heterocycles. The van der Waals surface area contributed by atoms with Crippen molar-refractivity contribution in [1.82, 2.24) is 0 Å². The van der Waals surface area contributed by atoms with Crippen molar-refractivity contribution in [2.45, 2.75) is 33.3 Å². The second-order valence-corrected chi connectivity index (χ2v) is 4.57. The zero-order chi connectivity index (χ0) is 13.7. The summed E-state index contributed by atoms with van der Waals surface area (Å²) in [6.45, 7) is 10.8. The van der Waals surface area contributed by atoms with Gasteiger partial charge in [-0.25, -0.2) is 4.39 Å². The number of anilines is 1. The van der Waals surface area contributed by atoms with E-state index in [0.29, 0.717) is 17.7 Å². The Kier molecular flexibility index (Phi) is 5.35. The van der Waals surface area contributed by atoms with E-state index in [9.17, 15) is 9.50 Å². The van der Waals surface area contributed by atoms with Crippen LogP contribution in [0.5, 0.6) is 0 Å². The first-order valence-corrected chi connectivity index (χ1v) is 6.35. The Morgan fingerprint density at radius 1 is 1.50 bits per heavy atom. The number of hydrogen-bond donors (Lipinski definition) is 1. The van der Waals surface area contributed by atoms with Crippen LogP contribution in [0.4, 0.5) is 10.1 Å². The van der Waals surface area contributed by atoms with E-state index in [1.54, 1.807) is 19.9 Å². The second-order valence-electron chi connectivity index (χ2n) is 4.57. The van der Waals surface area contributed by atoms with Crippen LogP contribution in [-0.4, -0.2) is 18.2 Å². The largest absolute Gasteiger partial charge is 0.389 e. The molecule has 0 spiro atoms. The van der Waals surface area contributed by atoms with Crippen molar-refractivity contribution in [1.29, 1.82) is 0 Å². The highest BCUT2D eigenvalue weighted by Gasteiger charge is 2.15. The molecule has 3 heteroatoms. The van der Waals surface area contributed by atoms with Crippen LogP contribution < -0.4 is 4.90 Å². The van der Waals surface area contributed by atoms with Crippen molar-refractivity contribution >= 4 is 5.69 Å². The number of aliphatic hydroxyl groups excluding tert-OH is 1. The molecule has 1 N–H and O–H groups in total. The maximum atomic E-state index is 13.6. The molecule has 1 aromatic carbocycles. The standard InChI is InChI=1S/C15H22FNO/c1-5-7-17(8-6-2)15-9-11(3)14(16)10-13(15)12(4)18/h5,9-10,12,18H,1,6-8H2,2-4H3/t12-/m0/s1. The zero-order valence-electron chi connectivity index (χ0n) is 11.4. The lowest BCUT2D eigenvalue weighted by Gasteiger charge is -2.27. The van der Waals surface area contributed by atoms with Crippen molar-refractivity contribution < 1.29 is 9.50 Å². The first-order chi connectivity index (χ1) is 8.51. The molecule has 0 aliphatic carbocycles. The molecule has 100 valence electrons. The van der Waals surface area contributed by atoms with Gasteiger partial charge in [0.2, 0.25) is 0 Å². The van der Waals surface area contributed by atoms with Gasteiger partial charge in [0.15, 0.2) is 0 Å². The first-order valence-electron chi connectivity index (χ1n) is 6.35. The van der Waals surface area contributed by atoms with Crippen molar-refractivity contribution in [2.75, 3.05) is 18.0 Å². The van der Waals surface area contributed by atoms with E-state index in [2.05, 4.69) is 18.4 Å². The monoisotopic (exact) mass is 251 g/mol. The van der Waals surface area contributed by atoms with Crippen molar-refractivity contribution in [3.05, 3.63) is 41.7 Å². The number of aryl methyl sites for hydroxylation is 1. The van der Waals surface area contributed by atoms with Crippen molar-refractivity contribution in [3.63, 3.8) is 0 Å². The first kappa shape index (κ1) is 14.7. The number of benzene rings is 1. The highest BCUT2D eigenvalue weighted by molar-refractivity contribution is 5.57. The second kappa shape index (κ2) is 6.55. The predicted octanol–water partition coefficient (Wildman–Crippen LogP) is 3.59. The van der Waals surface area contributed by atoms with Gasteiger partial charge in [-0.1, -0.05) is 13.0 Å². The molecular weight excluding hydrogens is 229 g/mol. The van der Waals surface area contributed by atoms with Crippen molar-refractivity contribution in [2.24, 2.45) is 0 Å². The summed E-state index contributed by atoms with van der Waals surface area (Å²) in [5.74, 6) is -0.273. The Balaban J connectivity index is 3.25. The molecule has 1 rings (SSSR count). The third-order valence-corrected chi connectivity index (χ3v) is 2.94. The van der Waals surface area contributed by atoms with E-state index in [0.717, 1.165) is 18.7 Å². The summed E-state index contributed by atoms with van der Waals surface area (Å²) in [7, 11) is 0. The minimum atomic E-state index is -0.681. The molecule has 2 nitrogen and oxygen atoms in total. The van der Waals surface area contributed by atoms with Gasteiger partial charge in [0.1, 0.15) is 5.82 Å². The highest BCUT2D eigenvalue weighted by atomic mass is 19.1. The fourth-order valence-corrected chi connectivity index (χ4v) is 2.03. The molecule has 1 atom stereocenters. The van der Waals surface area contributed by atoms with Gasteiger partial charge in [-0.3, -0.25) is 0 Å². The Bertz CT molecular complexity index is 415. The van der Waals surface area contributed by atoms with Gasteiger partial charge in [-0.15, -0.1) is 6.58 Å². The van der Waals surface area contributed by atoms with Crippen LogP contribution in [-0.2, 0) is 0 Å². The van der Waals surface area contributed by atoms with E-state index in [4.69, 9.17) is 0 Å². The van der Waals surface area contributed by atoms with E-state index in [1.165, 1.54) is 6.07 Å². The number of halogens is 1. The molecule has 0 saturated heterocycles. The van der Waals surface area contributed by atoms with Gasteiger partial charge < -0.3 is 10.0 Å². The molecule has 0 amide bonds. The van der Waals surface area contributed by atoms with E-state index < -0.39 is 6.10 Å². The summed E-state index contributed by atoms with van der Waals surface area (Å²) >= 11 is 0. The fourth-order valence-electron chi connectivity index (χ4n) is 2.03. The molecule has 0 aliphatic rings. The Morgan fingerprint density at radius 3 is 2.67 bits per heavy atom. The molecule has 0 saturated carbocycles. The van der Waals surface area contributed by atoms with Crippen LogP contribution >= 0.6 is 0 Å². The van der Waals surface area contributed by atoms with Gasteiger partial charge in [0.25, 0.3) is 0 Å². The molecule has 0 unspecified atom stereocenters. The van der Waals surface area contributed by atoms with Crippen LogP contribution in [0, 0.1) is 12.7 Å². The van der Waals surface area contributed by atoms with Crippen LogP contribution in [0.25, 0.3) is 0 Å². The molecule has 0 bridgehead atoms. The Hall–Kier alpha value is -1.35. The number of hydrogen-bond acceptors (Lipinski definition) is 2. The molecule has 18 heavy (non-hydrogen) atoms. The molecule has 1 aromatic rings. The topological polar surface area (TPSA) is 23.5 Å². The highest BCUT2D eigenvalue weighted by Crippen LogP contribution is 2.29. The predicted molar refractivity (Wildman–Crippen MR) is 74.5 cm³/mol. The van der Waals surface area contributed by atoms with Gasteiger partial charge >= 0.3 is 0 Å². The summed E-state index contributed by atoms with van der Waals surface area (Å²) in [6.07, 6.45) is 2.13. The minimum absolute atomic E-state index is 0.273. The number of rotatable bonds is 6. The smallest absolute Gasteiger partial charge is 0.126 e. The summed E-state index contributed by atoms with van der Waals surface area (Å²) < 4.78 is 13.6. The minimum Gasteiger partial charge on any atom is -0.389 e. The third kappa shape index (κ3) is 3.33. The van der Waals surface area contributed by atoms with Crippen LogP contribution in [0.2, 0.25) is 0 Å². The molecule has 0 radical (unpaired) electrons. The van der Waals surface area contributed by atoms with Crippen LogP contribution in [0.1, 0.15) is 37.5 Å². The maximum absolute atomic E-state index is 13.6. The van der Waals surface area contributed by atoms with E-state index >= 15 is 0 Å². The summed E-state index contributed by atoms with van der Waals surface area (Å²) in [6, 6.07) is 3.23. The lowest BCUT2D eigenvalue weighted by molar-refractivity contribution is 0.199. The number of nitrogens with zero attached hydrogens (tertiary/aromatic N) is 1. The Morgan fingerprint density at radius 2 is 2.17 bits per heavy atom. The summed E-state index contributed by atoms with van der Waals surface area (Å²) in [5, 5.41) is 9.79. The van der Waals surface area contributed by atoms with Gasteiger partial charge in [-0.2, -0.15) is 0 Å². The normalized spacial score (nSPS) is 12.3. The van der Waals surface area contributed by atoms with Crippen LogP contribution in [0.15, 0.2) is 24.8 Å². The molecule has 0 fully saturated rings. The average molecular weight is 251 g/mol. The summed E-state index contributed by atoms with van der Waals surface area (Å²) in [5.41, 5.74) is 2.12. The van der Waals surface area contributed by atoms with Crippen molar-refractivity contribution in [3.8, 4) is 0 Å². The quantitative estimate of drug-likeness (QED) is 0.781. The molecular formula is C15H22FNO. The van der Waals surface area contributed by atoms with Gasteiger partial charge in [-0.05, 0) is 38.0 Å².